The molecule has 1 saturated heterocycles. The van der Waals surface area contributed by atoms with E-state index in [0.29, 0.717) is 41.1 Å². The highest BCUT2D eigenvalue weighted by Gasteiger charge is 2.32. The fourth-order valence-electron chi connectivity index (χ4n) is 2.61. The topological polar surface area (TPSA) is 46.6 Å². The predicted octanol–water partition coefficient (Wildman–Crippen LogP) is 3.10. The molecule has 2 atom stereocenters. The first-order valence-electron chi connectivity index (χ1n) is 7.13. The van der Waals surface area contributed by atoms with Crippen LogP contribution in [0.3, 0.4) is 0 Å². The molecule has 118 valence electrons. The Morgan fingerprint density at radius 2 is 2.05 bits per heavy atom. The van der Waals surface area contributed by atoms with E-state index in [9.17, 15) is 8.42 Å². The molecule has 1 aliphatic rings. The number of piperidine rings is 1. The highest BCUT2D eigenvalue weighted by Crippen LogP contribution is 2.30. The van der Waals surface area contributed by atoms with E-state index in [1.54, 1.807) is 29.6 Å². The van der Waals surface area contributed by atoms with Crippen LogP contribution in [-0.4, -0.2) is 32.9 Å². The van der Waals surface area contributed by atoms with Crippen LogP contribution in [-0.2, 0) is 15.9 Å². The summed E-state index contributed by atoms with van der Waals surface area (Å²) in [5.41, 5.74) is 0.693. The first-order chi connectivity index (χ1) is 9.90. The van der Waals surface area contributed by atoms with Crippen molar-refractivity contribution in [2.75, 3.05) is 20.2 Å². The van der Waals surface area contributed by atoms with Crippen LogP contribution in [0.5, 0.6) is 5.75 Å². The largest absolute Gasteiger partial charge is 0.496 e. The lowest BCUT2D eigenvalue weighted by atomic mass is 9.90. The monoisotopic (exact) mass is 331 g/mol. The number of sulfonamides is 1. The van der Waals surface area contributed by atoms with Gasteiger partial charge in [-0.1, -0.05) is 13.8 Å². The molecule has 0 saturated carbocycles. The van der Waals surface area contributed by atoms with E-state index >= 15 is 0 Å². The Bertz CT molecular complexity index is 603. The van der Waals surface area contributed by atoms with Crippen LogP contribution in [0.25, 0.3) is 0 Å². The Hall–Kier alpha value is -0.780. The van der Waals surface area contributed by atoms with Gasteiger partial charge in [0.25, 0.3) is 0 Å². The molecule has 0 aliphatic carbocycles. The quantitative estimate of drug-likeness (QED) is 0.796. The van der Waals surface area contributed by atoms with Crippen molar-refractivity contribution in [3.05, 3.63) is 23.8 Å². The van der Waals surface area contributed by atoms with E-state index in [1.165, 1.54) is 0 Å². The molecule has 0 aromatic heterocycles. The van der Waals surface area contributed by atoms with Crippen molar-refractivity contribution in [1.82, 2.24) is 4.31 Å². The summed E-state index contributed by atoms with van der Waals surface area (Å²) in [7, 11) is -1.91. The van der Waals surface area contributed by atoms with Gasteiger partial charge in [-0.05, 0) is 36.5 Å². The van der Waals surface area contributed by atoms with Gasteiger partial charge in [-0.25, -0.2) is 8.42 Å². The summed E-state index contributed by atoms with van der Waals surface area (Å²) in [6.07, 6.45) is 0.902. The zero-order valence-corrected chi connectivity index (χ0v) is 14.2. The van der Waals surface area contributed by atoms with Crippen molar-refractivity contribution in [1.29, 1.82) is 0 Å². The van der Waals surface area contributed by atoms with Gasteiger partial charge >= 0.3 is 0 Å². The lowest BCUT2D eigenvalue weighted by Gasteiger charge is -2.34. The summed E-state index contributed by atoms with van der Waals surface area (Å²) in [6, 6.07) is 4.87. The van der Waals surface area contributed by atoms with E-state index in [2.05, 4.69) is 13.8 Å². The Morgan fingerprint density at radius 1 is 1.33 bits per heavy atom. The van der Waals surface area contributed by atoms with E-state index < -0.39 is 10.0 Å². The third-order valence-corrected chi connectivity index (χ3v) is 6.48. The van der Waals surface area contributed by atoms with Crippen molar-refractivity contribution in [3.8, 4) is 5.75 Å². The summed E-state index contributed by atoms with van der Waals surface area (Å²) in [4.78, 5) is 0.292. The zero-order chi connectivity index (χ0) is 15.6. The van der Waals surface area contributed by atoms with Crippen molar-refractivity contribution >= 4 is 21.6 Å². The number of halogens is 1. The van der Waals surface area contributed by atoms with Crippen LogP contribution in [0.2, 0.25) is 0 Å². The number of nitrogens with zero attached hydrogens (tertiary/aromatic N) is 1. The van der Waals surface area contributed by atoms with Crippen molar-refractivity contribution < 1.29 is 13.2 Å². The Morgan fingerprint density at radius 3 is 2.62 bits per heavy atom. The van der Waals surface area contributed by atoms with Crippen LogP contribution < -0.4 is 4.74 Å². The maximum absolute atomic E-state index is 12.7. The fraction of sp³-hybridized carbons (Fsp3) is 0.600. The summed E-state index contributed by atoms with van der Waals surface area (Å²) >= 11 is 5.87. The second-order valence-electron chi connectivity index (χ2n) is 5.71. The minimum Gasteiger partial charge on any atom is -0.496 e. The average molecular weight is 332 g/mol. The lowest BCUT2D eigenvalue weighted by molar-refractivity contribution is 0.212. The van der Waals surface area contributed by atoms with Crippen LogP contribution in [0.15, 0.2) is 23.1 Å². The SMILES string of the molecule is COc1ccc(S(=O)(=O)N2CCC(C)C(C)C2)cc1CCl. The molecule has 1 fully saturated rings. The van der Waals surface area contributed by atoms with Crippen molar-refractivity contribution in [2.24, 2.45) is 11.8 Å². The predicted molar refractivity (Wildman–Crippen MR) is 84.3 cm³/mol. The summed E-state index contributed by atoms with van der Waals surface area (Å²) in [5.74, 6) is 1.77. The minimum absolute atomic E-state index is 0.222. The zero-order valence-electron chi connectivity index (χ0n) is 12.7. The van der Waals surface area contributed by atoms with Gasteiger partial charge in [-0.2, -0.15) is 4.31 Å². The molecule has 1 aliphatic heterocycles. The highest BCUT2D eigenvalue weighted by atomic mass is 35.5. The Balaban J connectivity index is 2.31. The van der Waals surface area contributed by atoms with Gasteiger partial charge in [0.05, 0.1) is 17.9 Å². The maximum Gasteiger partial charge on any atom is 0.243 e. The Kier molecular flexibility index (Phi) is 5.17. The van der Waals surface area contributed by atoms with Gasteiger partial charge in [0, 0.05) is 18.7 Å². The number of hydrogen-bond donors (Lipinski definition) is 0. The number of alkyl halides is 1. The third-order valence-electron chi connectivity index (χ3n) is 4.33. The minimum atomic E-state index is -3.46. The first kappa shape index (κ1) is 16.6. The molecular formula is C15H22ClNO3S. The molecule has 1 heterocycles. The van der Waals surface area contributed by atoms with E-state index in [0.717, 1.165) is 6.42 Å². The molecule has 1 aromatic carbocycles. The number of ether oxygens (including phenoxy) is 1. The smallest absolute Gasteiger partial charge is 0.243 e. The summed E-state index contributed by atoms with van der Waals surface area (Å²) < 4.78 is 32.3. The van der Waals surface area contributed by atoms with Gasteiger partial charge < -0.3 is 4.74 Å². The molecule has 0 spiro atoms. The molecule has 1 aromatic rings. The normalized spacial score (nSPS) is 24.0. The summed E-state index contributed by atoms with van der Waals surface area (Å²) in [6.45, 7) is 5.43. The maximum atomic E-state index is 12.7. The van der Waals surface area contributed by atoms with Gasteiger partial charge in [-0.15, -0.1) is 11.6 Å². The molecule has 2 unspecified atom stereocenters. The molecule has 21 heavy (non-hydrogen) atoms. The van der Waals surface area contributed by atoms with Gasteiger partial charge in [0.15, 0.2) is 0 Å². The standard InChI is InChI=1S/C15H22ClNO3S/c1-11-6-7-17(10-12(11)2)21(18,19)14-4-5-15(20-3)13(8-14)9-16/h4-5,8,11-12H,6-7,9-10H2,1-3H3. The highest BCUT2D eigenvalue weighted by molar-refractivity contribution is 7.89. The average Bonchev–Trinajstić information content (AvgIpc) is 2.49. The van der Waals surface area contributed by atoms with Crippen LogP contribution in [0, 0.1) is 11.8 Å². The Labute approximate surface area is 132 Å². The van der Waals surface area contributed by atoms with E-state index in [-0.39, 0.29) is 5.88 Å². The number of rotatable bonds is 4. The van der Waals surface area contributed by atoms with Gasteiger partial charge in [0.1, 0.15) is 5.75 Å². The molecule has 0 radical (unpaired) electrons. The fourth-order valence-corrected chi connectivity index (χ4v) is 4.43. The van der Waals surface area contributed by atoms with Gasteiger partial charge in [0.2, 0.25) is 10.0 Å². The van der Waals surface area contributed by atoms with Crippen molar-refractivity contribution in [2.45, 2.75) is 31.0 Å². The molecular weight excluding hydrogens is 310 g/mol. The molecule has 0 N–H and O–H groups in total. The number of hydrogen-bond acceptors (Lipinski definition) is 3. The lowest BCUT2D eigenvalue weighted by Crippen LogP contribution is -2.42. The second kappa shape index (κ2) is 6.55. The van der Waals surface area contributed by atoms with Crippen LogP contribution in [0.1, 0.15) is 25.8 Å². The third kappa shape index (κ3) is 3.35. The van der Waals surface area contributed by atoms with E-state index in [4.69, 9.17) is 16.3 Å². The van der Waals surface area contributed by atoms with Crippen LogP contribution >= 0.6 is 11.6 Å². The molecule has 0 bridgehead atoms. The molecule has 6 heteroatoms. The number of methoxy groups -OCH3 is 1. The van der Waals surface area contributed by atoms with Crippen LogP contribution in [0.4, 0.5) is 0 Å². The second-order valence-corrected chi connectivity index (χ2v) is 7.92. The first-order valence-corrected chi connectivity index (χ1v) is 9.10. The van der Waals surface area contributed by atoms with Gasteiger partial charge in [-0.3, -0.25) is 0 Å². The number of benzene rings is 1. The molecule has 2 rings (SSSR count). The van der Waals surface area contributed by atoms with Crippen molar-refractivity contribution in [3.63, 3.8) is 0 Å². The summed E-state index contributed by atoms with van der Waals surface area (Å²) in [5, 5.41) is 0. The molecule has 4 nitrogen and oxygen atoms in total. The van der Waals surface area contributed by atoms with E-state index in [1.807, 2.05) is 0 Å². The molecule has 0 amide bonds.